The molecule has 0 aromatic carbocycles. The highest BCUT2D eigenvalue weighted by Gasteiger charge is 2.21. The fourth-order valence-corrected chi connectivity index (χ4v) is 3.11. The summed E-state index contributed by atoms with van der Waals surface area (Å²) in [6, 6.07) is 3.94. The van der Waals surface area contributed by atoms with Gasteiger partial charge in [0.05, 0.1) is 18.5 Å². The molecular formula is C19H29ClN6O. The van der Waals surface area contributed by atoms with Gasteiger partial charge in [0.25, 0.3) is 0 Å². The number of rotatable bonds is 6. The predicted octanol–water partition coefficient (Wildman–Crippen LogP) is 2.18. The molecule has 2 aromatic rings. The molecule has 0 unspecified atom stereocenters. The van der Waals surface area contributed by atoms with Gasteiger partial charge in [-0.15, -0.1) is 12.4 Å². The van der Waals surface area contributed by atoms with Crippen LogP contribution in [0.25, 0.3) is 11.3 Å². The molecule has 1 fully saturated rings. The standard InChI is InChI=1S/C19H28N6O.ClH/c1-23-9-4-10-25(12-11-23)19-18(24(2)13-14-26-3)21-15-17(22-19)16-5-7-20-8-6-16;/h5-8,15H,4,9-14H2,1-3H3;1H. The zero-order valence-corrected chi connectivity index (χ0v) is 17.2. The average molecular weight is 393 g/mol. The lowest BCUT2D eigenvalue weighted by atomic mass is 10.2. The fraction of sp³-hybridized carbons (Fsp3) is 0.526. The van der Waals surface area contributed by atoms with Gasteiger partial charge < -0.3 is 19.4 Å². The average Bonchev–Trinajstić information content (AvgIpc) is 2.91. The number of likely N-dealkylation sites (N-methyl/N-ethyl adjacent to an activating group) is 2. The minimum Gasteiger partial charge on any atom is -0.383 e. The van der Waals surface area contributed by atoms with Crippen molar-refractivity contribution in [3.8, 4) is 11.3 Å². The molecule has 0 amide bonds. The number of aromatic nitrogens is 3. The number of methoxy groups -OCH3 is 1. The first kappa shape index (κ1) is 21.3. The van der Waals surface area contributed by atoms with Crippen molar-refractivity contribution in [2.24, 2.45) is 0 Å². The van der Waals surface area contributed by atoms with Crippen LogP contribution >= 0.6 is 12.4 Å². The van der Waals surface area contributed by atoms with Crippen molar-refractivity contribution >= 4 is 24.0 Å². The molecule has 27 heavy (non-hydrogen) atoms. The van der Waals surface area contributed by atoms with Crippen LogP contribution in [0.4, 0.5) is 11.6 Å². The third-order valence-electron chi connectivity index (χ3n) is 4.72. The first-order valence-corrected chi connectivity index (χ1v) is 9.10. The smallest absolute Gasteiger partial charge is 0.172 e. The number of nitrogens with zero attached hydrogens (tertiary/aromatic N) is 6. The van der Waals surface area contributed by atoms with Crippen LogP contribution in [0.5, 0.6) is 0 Å². The van der Waals surface area contributed by atoms with Crippen molar-refractivity contribution < 1.29 is 4.74 Å². The molecule has 148 valence electrons. The molecular weight excluding hydrogens is 364 g/mol. The van der Waals surface area contributed by atoms with E-state index in [2.05, 4.69) is 26.7 Å². The summed E-state index contributed by atoms with van der Waals surface area (Å²) in [7, 11) is 5.94. The van der Waals surface area contributed by atoms with E-state index in [9.17, 15) is 0 Å². The summed E-state index contributed by atoms with van der Waals surface area (Å²) in [6.07, 6.45) is 6.55. The first-order chi connectivity index (χ1) is 12.7. The fourth-order valence-electron chi connectivity index (χ4n) is 3.11. The van der Waals surface area contributed by atoms with Crippen LogP contribution < -0.4 is 9.80 Å². The molecule has 1 saturated heterocycles. The zero-order valence-electron chi connectivity index (χ0n) is 16.3. The zero-order chi connectivity index (χ0) is 18.4. The summed E-state index contributed by atoms with van der Waals surface area (Å²) < 4.78 is 5.23. The van der Waals surface area contributed by atoms with Gasteiger partial charge in [0, 0.05) is 58.3 Å². The van der Waals surface area contributed by atoms with Gasteiger partial charge in [-0.2, -0.15) is 0 Å². The second-order valence-corrected chi connectivity index (χ2v) is 6.70. The van der Waals surface area contributed by atoms with E-state index in [4.69, 9.17) is 14.7 Å². The summed E-state index contributed by atoms with van der Waals surface area (Å²) in [5, 5.41) is 0. The van der Waals surface area contributed by atoms with E-state index in [1.807, 2.05) is 25.4 Å². The van der Waals surface area contributed by atoms with Crippen molar-refractivity contribution in [2.45, 2.75) is 6.42 Å². The van der Waals surface area contributed by atoms with Crippen molar-refractivity contribution in [3.05, 3.63) is 30.7 Å². The van der Waals surface area contributed by atoms with Crippen molar-refractivity contribution in [1.29, 1.82) is 0 Å². The lowest BCUT2D eigenvalue weighted by Crippen LogP contribution is -2.32. The molecule has 2 aromatic heterocycles. The SMILES string of the molecule is COCCN(C)c1ncc(-c2ccncc2)nc1N1CCCN(C)CC1.Cl. The highest BCUT2D eigenvalue weighted by molar-refractivity contribution is 5.85. The second kappa shape index (κ2) is 10.4. The van der Waals surface area contributed by atoms with E-state index in [1.165, 1.54) is 0 Å². The van der Waals surface area contributed by atoms with Crippen LogP contribution in [-0.4, -0.2) is 80.4 Å². The maximum atomic E-state index is 5.23. The largest absolute Gasteiger partial charge is 0.383 e. The molecule has 0 N–H and O–H groups in total. The van der Waals surface area contributed by atoms with Gasteiger partial charge in [0.15, 0.2) is 11.6 Å². The minimum absolute atomic E-state index is 0. The van der Waals surface area contributed by atoms with Crippen LogP contribution in [0.1, 0.15) is 6.42 Å². The molecule has 1 aliphatic rings. The van der Waals surface area contributed by atoms with Crippen LogP contribution in [0.2, 0.25) is 0 Å². The minimum atomic E-state index is 0. The van der Waals surface area contributed by atoms with Crippen LogP contribution in [0.15, 0.2) is 30.7 Å². The Kier molecular flexibility index (Phi) is 8.22. The van der Waals surface area contributed by atoms with Gasteiger partial charge >= 0.3 is 0 Å². The van der Waals surface area contributed by atoms with Crippen molar-refractivity contribution in [3.63, 3.8) is 0 Å². The van der Waals surface area contributed by atoms with E-state index in [-0.39, 0.29) is 12.4 Å². The normalized spacial score (nSPS) is 15.1. The van der Waals surface area contributed by atoms with Gasteiger partial charge in [-0.1, -0.05) is 0 Å². The Morgan fingerprint density at radius 1 is 1.15 bits per heavy atom. The molecule has 0 radical (unpaired) electrons. The molecule has 0 atom stereocenters. The highest BCUT2D eigenvalue weighted by Crippen LogP contribution is 2.28. The Morgan fingerprint density at radius 3 is 2.67 bits per heavy atom. The van der Waals surface area contributed by atoms with Gasteiger partial charge in [-0.25, -0.2) is 9.97 Å². The molecule has 3 heterocycles. The van der Waals surface area contributed by atoms with E-state index < -0.39 is 0 Å². The predicted molar refractivity (Wildman–Crippen MR) is 112 cm³/mol. The summed E-state index contributed by atoms with van der Waals surface area (Å²) in [4.78, 5) is 20.7. The monoisotopic (exact) mass is 392 g/mol. The number of anilines is 2. The Hall–Kier alpha value is -1.96. The number of pyridine rings is 1. The van der Waals surface area contributed by atoms with E-state index in [0.29, 0.717) is 6.61 Å². The summed E-state index contributed by atoms with van der Waals surface area (Å²) in [6.45, 7) is 5.53. The summed E-state index contributed by atoms with van der Waals surface area (Å²) in [5.74, 6) is 1.86. The van der Waals surface area contributed by atoms with Gasteiger partial charge in [-0.05, 0) is 32.1 Å². The molecule has 1 aliphatic heterocycles. The van der Waals surface area contributed by atoms with Crippen LogP contribution in [-0.2, 0) is 4.74 Å². The number of halogens is 1. The van der Waals surface area contributed by atoms with Gasteiger partial charge in [-0.3, -0.25) is 4.98 Å². The van der Waals surface area contributed by atoms with Crippen molar-refractivity contribution in [2.75, 3.05) is 70.3 Å². The topological polar surface area (TPSA) is 57.6 Å². The molecule has 7 nitrogen and oxygen atoms in total. The highest BCUT2D eigenvalue weighted by atomic mass is 35.5. The lowest BCUT2D eigenvalue weighted by Gasteiger charge is -2.28. The molecule has 8 heteroatoms. The molecule has 0 aliphatic carbocycles. The lowest BCUT2D eigenvalue weighted by molar-refractivity contribution is 0.206. The van der Waals surface area contributed by atoms with Gasteiger partial charge in [0.1, 0.15) is 0 Å². The quantitative estimate of drug-likeness (QED) is 0.746. The van der Waals surface area contributed by atoms with Crippen molar-refractivity contribution in [1.82, 2.24) is 19.9 Å². The van der Waals surface area contributed by atoms with E-state index >= 15 is 0 Å². The third kappa shape index (κ3) is 5.51. The van der Waals surface area contributed by atoms with Crippen LogP contribution in [0, 0.1) is 0 Å². The first-order valence-electron chi connectivity index (χ1n) is 9.10. The summed E-state index contributed by atoms with van der Waals surface area (Å²) in [5.41, 5.74) is 1.91. The van der Waals surface area contributed by atoms with Gasteiger partial charge in [0.2, 0.25) is 0 Å². The Balaban J connectivity index is 0.00000261. The second-order valence-electron chi connectivity index (χ2n) is 6.70. The summed E-state index contributed by atoms with van der Waals surface area (Å²) >= 11 is 0. The van der Waals surface area contributed by atoms with Crippen LogP contribution in [0.3, 0.4) is 0 Å². The number of hydrogen-bond donors (Lipinski definition) is 0. The maximum absolute atomic E-state index is 5.23. The number of ether oxygens (including phenoxy) is 1. The third-order valence-corrected chi connectivity index (χ3v) is 4.72. The Labute approximate surface area is 167 Å². The molecule has 3 rings (SSSR count). The molecule has 0 saturated carbocycles. The number of hydrogen-bond acceptors (Lipinski definition) is 7. The Bertz CT molecular complexity index is 702. The Morgan fingerprint density at radius 2 is 1.93 bits per heavy atom. The molecule has 0 bridgehead atoms. The van der Waals surface area contributed by atoms with E-state index in [0.717, 1.165) is 62.0 Å². The van der Waals surface area contributed by atoms with E-state index in [1.54, 1.807) is 19.5 Å². The molecule has 0 spiro atoms. The maximum Gasteiger partial charge on any atom is 0.172 e.